The molecule has 168 valence electrons. The van der Waals surface area contributed by atoms with Crippen molar-refractivity contribution in [2.45, 2.75) is 83.5 Å². The van der Waals surface area contributed by atoms with Gasteiger partial charge in [-0.25, -0.2) is 14.2 Å². The number of piperidine rings is 2. The number of fused-ring (bicyclic) bond motifs is 4. The first-order valence-corrected chi connectivity index (χ1v) is 11.6. The van der Waals surface area contributed by atoms with Crippen LogP contribution in [0.1, 0.15) is 65.1 Å². The Balaban J connectivity index is 1.53. The molecule has 2 atom stereocenters. The van der Waals surface area contributed by atoms with Gasteiger partial charge in [-0.3, -0.25) is 4.68 Å². The van der Waals surface area contributed by atoms with Crippen molar-refractivity contribution in [2.75, 3.05) is 18.0 Å². The standard InChI is InChI=1S/C22H29ClFN5O2/c1-5-15-16-18(17(24)19(23)25-15)29(12-6-7-12)26-20(16)27-10-14-9-8-13(27)11-28(14)21(30)31-22(2,3)4/h12-14H,5-11H2,1-4H3/t13-,14-/m0/s1. The number of rotatable bonds is 3. The second kappa shape index (κ2) is 7.22. The summed E-state index contributed by atoms with van der Waals surface area (Å²) < 4.78 is 22.6. The van der Waals surface area contributed by atoms with E-state index in [9.17, 15) is 4.79 Å². The van der Waals surface area contributed by atoms with Crippen molar-refractivity contribution in [3.05, 3.63) is 16.7 Å². The molecule has 2 aromatic rings. The van der Waals surface area contributed by atoms with Gasteiger partial charge < -0.3 is 14.5 Å². The molecular weight excluding hydrogens is 421 g/mol. The highest BCUT2D eigenvalue weighted by Crippen LogP contribution is 2.44. The highest BCUT2D eigenvalue weighted by Gasteiger charge is 2.44. The predicted molar refractivity (Wildman–Crippen MR) is 117 cm³/mol. The largest absolute Gasteiger partial charge is 0.444 e. The molecule has 3 aliphatic heterocycles. The van der Waals surface area contributed by atoms with E-state index in [1.54, 1.807) is 0 Å². The van der Waals surface area contributed by atoms with Crippen LogP contribution < -0.4 is 4.90 Å². The summed E-state index contributed by atoms with van der Waals surface area (Å²) in [6.07, 6.45) is 4.27. The van der Waals surface area contributed by atoms with Gasteiger partial charge in [0.1, 0.15) is 11.1 Å². The lowest BCUT2D eigenvalue weighted by Crippen LogP contribution is -2.64. The van der Waals surface area contributed by atoms with Gasteiger partial charge in [0.15, 0.2) is 16.8 Å². The predicted octanol–water partition coefficient (Wildman–Crippen LogP) is 4.71. The van der Waals surface area contributed by atoms with Crippen LogP contribution in [-0.2, 0) is 11.2 Å². The van der Waals surface area contributed by atoms with Crippen molar-refractivity contribution in [1.29, 1.82) is 0 Å². The molecule has 0 unspecified atom stereocenters. The normalized spacial score (nSPS) is 23.7. The number of anilines is 1. The highest BCUT2D eigenvalue weighted by atomic mass is 35.5. The maximum absolute atomic E-state index is 15.1. The Morgan fingerprint density at radius 3 is 2.42 bits per heavy atom. The van der Waals surface area contributed by atoms with Gasteiger partial charge >= 0.3 is 6.09 Å². The Morgan fingerprint density at radius 2 is 1.84 bits per heavy atom. The number of hydrogen-bond acceptors (Lipinski definition) is 5. The number of halogens is 2. The van der Waals surface area contributed by atoms with Crippen LogP contribution in [0.25, 0.3) is 10.9 Å². The van der Waals surface area contributed by atoms with Crippen molar-refractivity contribution in [3.8, 4) is 0 Å². The SMILES string of the molecule is CCc1nc(Cl)c(F)c2c1c(N1C[C@@H]3CC[C@H]1CN3C(=O)OC(C)(C)C)nn2C1CC1. The van der Waals surface area contributed by atoms with Gasteiger partial charge in [-0.05, 0) is 52.9 Å². The summed E-state index contributed by atoms with van der Waals surface area (Å²) in [4.78, 5) is 21.2. The smallest absolute Gasteiger partial charge is 0.410 e. The van der Waals surface area contributed by atoms with Gasteiger partial charge in [-0.15, -0.1) is 0 Å². The van der Waals surface area contributed by atoms with E-state index >= 15 is 4.39 Å². The first kappa shape index (κ1) is 20.8. The second-order valence-electron chi connectivity index (χ2n) is 9.91. The Hall–Kier alpha value is -2.09. The fraction of sp³-hybridized carbons (Fsp3) is 0.682. The molecule has 5 heterocycles. The molecular formula is C22H29ClFN5O2. The zero-order chi connectivity index (χ0) is 22.1. The molecule has 0 spiro atoms. The Bertz CT molecular complexity index is 1040. The van der Waals surface area contributed by atoms with Crippen LogP contribution in [0.5, 0.6) is 0 Å². The Labute approximate surface area is 186 Å². The summed E-state index contributed by atoms with van der Waals surface area (Å²) in [6.45, 7) is 8.90. The Morgan fingerprint density at radius 1 is 1.16 bits per heavy atom. The molecule has 1 saturated carbocycles. The van der Waals surface area contributed by atoms with Crippen LogP contribution in [0.2, 0.25) is 5.15 Å². The number of carbonyl (C=O) groups is 1. The summed E-state index contributed by atoms with van der Waals surface area (Å²) in [5.74, 6) is 0.289. The molecule has 0 radical (unpaired) electrons. The van der Waals surface area contributed by atoms with E-state index < -0.39 is 11.4 Å². The topological polar surface area (TPSA) is 63.5 Å². The lowest BCUT2D eigenvalue weighted by atomic mass is 9.91. The van der Waals surface area contributed by atoms with Gasteiger partial charge in [-0.2, -0.15) is 5.10 Å². The van der Waals surface area contributed by atoms with E-state index in [1.165, 1.54) is 0 Å². The average Bonchev–Trinajstić information content (AvgIpc) is 3.49. The lowest BCUT2D eigenvalue weighted by Gasteiger charge is -2.51. The number of aryl methyl sites for hydroxylation is 1. The van der Waals surface area contributed by atoms with Crippen molar-refractivity contribution >= 4 is 34.4 Å². The van der Waals surface area contributed by atoms with E-state index in [0.29, 0.717) is 25.0 Å². The summed E-state index contributed by atoms with van der Waals surface area (Å²) in [5.41, 5.74) is 0.721. The van der Waals surface area contributed by atoms with Crippen molar-refractivity contribution in [1.82, 2.24) is 19.7 Å². The number of hydrogen-bond donors (Lipinski definition) is 0. The van der Waals surface area contributed by atoms with E-state index in [-0.39, 0.29) is 29.4 Å². The number of nitrogens with zero attached hydrogens (tertiary/aromatic N) is 5. The quantitative estimate of drug-likeness (QED) is 0.635. The van der Waals surface area contributed by atoms with Crippen LogP contribution in [0.15, 0.2) is 0 Å². The Kier molecular flexibility index (Phi) is 4.84. The van der Waals surface area contributed by atoms with Crippen molar-refractivity contribution in [2.24, 2.45) is 0 Å². The first-order valence-electron chi connectivity index (χ1n) is 11.2. The minimum atomic E-state index is -0.523. The van der Waals surface area contributed by atoms with Crippen molar-refractivity contribution in [3.63, 3.8) is 0 Å². The van der Waals surface area contributed by atoms with Gasteiger partial charge in [0, 0.05) is 19.1 Å². The van der Waals surface area contributed by atoms with Crippen LogP contribution in [0.4, 0.5) is 15.0 Å². The number of ether oxygens (including phenoxy) is 1. The summed E-state index contributed by atoms with van der Waals surface area (Å²) >= 11 is 6.13. The number of piperazine rings is 1. The third-order valence-corrected chi connectivity index (χ3v) is 6.71. The fourth-order valence-electron chi connectivity index (χ4n) is 4.89. The lowest BCUT2D eigenvalue weighted by molar-refractivity contribution is 0.000805. The minimum absolute atomic E-state index is 0.0520. The van der Waals surface area contributed by atoms with Gasteiger partial charge in [0.05, 0.1) is 23.2 Å². The summed E-state index contributed by atoms with van der Waals surface area (Å²) in [6, 6.07) is 0.386. The zero-order valence-corrected chi connectivity index (χ0v) is 19.2. The fourth-order valence-corrected chi connectivity index (χ4v) is 5.08. The molecule has 7 nitrogen and oxygen atoms in total. The van der Waals surface area contributed by atoms with Crippen molar-refractivity contribution < 1.29 is 13.9 Å². The molecule has 6 rings (SSSR count). The van der Waals surface area contributed by atoms with Crippen LogP contribution in [0, 0.1) is 5.82 Å². The summed E-state index contributed by atoms with van der Waals surface area (Å²) in [5, 5.41) is 5.58. The molecule has 2 bridgehead atoms. The number of pyridine rings is 1. The van der Waals surface area contributed by atoms with Crippen LogP contribution >= 0.6 is 11.6 Å². The van der Waals surface area contributed by atoms with E-state index in [4.69, 9.17) is 21.4 Å². The molecule has 2 aromatic heterocycles. The third kappa shape index (κ3) is 3.52. The molecule has 4 fully saturated rings. The zero-order valence-electron chi connectivity index (χ0n) is 18.5. The maximum atomic E-state index is 15.1. The monoisotopic (exact) mass is 449 g/mol. The molecule has 0 aromatic carbocycles. The van der Waals surface area contributed by atoms with Crippen LogP contribution in [-0.4, -0.2) is 56.5 Å². The average molecular weight is 450 g/mol. The molecule has 4 aliphatic rings. The maximum Gasteiger partial charge on any atom is 0.410 e. The molecule has 1 aliphatic carbocycles. The highest BCUT2D eigenvalue weighted by molar-refractivity contribution is 6.30. The minimum Gasteiger partial charge on any atom is -0.444 e. The number of aromatic nitrogens is 3. The van der Waals surface area contributed by atoms with Crippen LogP contribution in [0.3, 0.4) is 0 Å². The second-order valence-corrected chi connectivity index (χ2v) is 10.3. The number of amides is 1. The molecule has 3 saturated heterocycles. The molecule has 0 N–H and O–H groups in total. The van der Waals surface area contributed by atoms with E-state index in [0.717, 1.165) is 42.6 Å². The molecule has 1 amide bonds. The third-order valence-electron chi connectivity index (χ3n) is 6.46. The number of carbonyl (C=O) groups excluding carboxylic acids is 1. The molecule has 9 heteroatoms. The van der Waals surface area contributed by atoms with Gasteiger partial charge in [0.25, 0.3) is 0 Å². The summed E-state index contributed by atoms with van der Waals surface area (Å²) in [7, 11) is 0. The van der Waals surface area contributed by atoms with Gasteiger partial charge in [-0.1, -0.05) is 18.5 Å². The van der Waals surface area contributed by atoms with Gasteiger partial charge in [0.2, 0.25) is 0 Å². The van der Waals surface area contributed by atoms with E-state index in [1.807, 2.05) is 37.3 Å². The van der Waals surface area contributed by atoms with E-state index in [2.05, 4.69) is 9.88 Å². The first-order chi connectivity index (χ1) is 14.7. The molecule has 31 heavy (non-hydrogen) atoms.